The van der Waals surface area contributed by atoms with Crippen molar-refractivity contribution in [1.82, 2.24) is 5.32 Å². The zero-order chi connectivity index (χ0) is 18.0. The van der Waals surface area contributed by atoms with E-state index in [1.165, 1.54) is 32.1 Å². The lowest BCUT2D eigenvalue weighted by Crippen LogP contribution is -2.42. The molecule has 0 saturated heterocycles. The fourth-order valence-electron chi connectivity index (χ4n) is 2.13. The highest BCUT2D eigenvalue weighted by Gasteiger charge is 2.21. The third-order valence-corrected chi connectivity index (χ3v) is 3.53. The van der Waals surface area contributed by atoms with Crippen LogP contribution in [0.4, 0.5) is 4.79 Å². The Morgan fingerprint density at radius 1 is 0.958 bits per heavy atom. The van der Waals surface area contributed by atoms with Crippen LogP contribution in [0, 0.1) is 0 Å². The lowest BCUT2D eigenvalue weighted by Gasteiger charge is -2.16. The van der Waals surface area contributed by atoms with E-state index in [9.17, 15) is 9.59 Å². The molecule has 0 bridgehead atoms. The first-order valence-corrected chi connectivity index (χ1v) is 8.97. The molecule has 1 atom stereocenters. The summed E-state index contributed by atoms with van der Waals surface area (Å²) < 4.78 is 10.2. The molecule has 0 aromatic carbocycles. The average Bonchev–Trinajstić information content (AvgIpc) is 2.57. The van der Waals surface area contributed by atoms with Crippen molar-refractivity contribution in [3.63, 3.8) is 0 Å². The molecule has 0 rings (SSSR count). The summed E-state index contributed by atoms with van der Waals surface area (Å²) in [5.41, 5.74) is 0. The molecule has 5 heteroatoms. The van der Waals surface area contributed by atoms with Gasteiger partial charge in [0.15, 0.2) is 0 Å². The number of carbonyl (C=O) groups is 2. The second kappa shape index (κ2) is 16.1. The second-order valence-electron chi connectivity index (χ2n) is 5.72. The van der Waals surface area contributed by atoms with Crippen LogP contribution in [0.2, 0.25) is 0 Å². The second-order valence-corrected chi connectivity index (χ2v) is 5.72. The number of alkyl carbamates (subject to hydrolysis) is 1. The third-order valence-electron chi connectivity index (χ3n) is 3.53. The van der Waals surface area contributed by atoms with Gasteiger partial charge in [-0.2, -0.15) is 0 Å². The first kappa shape index (κ1) is 22.2. The number of amides is 1. The minimum atomic E-state index is -0.747. The first-order chi connectivity index (χ1) is 11.7. The van der Waals surface area contributed by atoms with Crippen LogP contribution in [-0.4, -0.2) is 31.3 Å². The topological polar surface area (TPSA) is 64.6 Å². The predicted molar refractivity (Wildman–Crippen MR) is 96.9 cm³/mol. The van der Waals surface area contributed by atoms with Gasteiger partial charge in [-0.25, -0.2) is 9.59 Å². The molecule has 0 aromatic rings. The molecule has 0 radical (unpaired) electrons. The summed E-state index contributed by atoms with van der Waals surface area (Å²) in [5.74, 6) is -0.443. The Kier molecular flexibility index (Phi) is 14.9. The van der Waals surface area contributed by atoms with Crippen molar-refractivity contribution >= 4 is 12.1 Å². The average molecular weight is 339 g/mol. The number of nitrogens with one attached hydrogen (secondary N) is 1. The van der Waals surface area contributed by atoms with Gasteiger partial charge < -0.3 is 14.8 Å². The van der Waals surface area contributed by atoms with Crippen molar-refractivity contribution < 1.29 is 19.1 Å². The quantitative estimate of drug-likeness (QED) is 0.270. The van der Waals surface area contributed by atoms with Gasteiger partial charge in [-0.05, 0) is 19.3 Å². The predicted octanol–water partition coefficient (Wildman–Crippen LogP) is 4.53. The van der Waals surface area contributed by atoms with Gasteiger partial charge in [0.2, 0.25) is 0 Å². The molecule has 5 nitrogen and oxygen atoms in total. The number of ether oxygens (including phenoxy) is 2. The monoisotopic (exact) mass is 339 g/mol. The van der Waals surface area contributed by atoms with Crippen LogP contribution in [-0.2, 0) is 14.3 Å². The lowest BCUT2D eigenvalue weighted by atomic mass is 10.1. The molecule has 0 saturated carbocycles. The molecule has 1 unspecified atom stereocenters. The van der Waals surface area contributed by atoms with Crippen molar-refractivity contribution in [2.75, 3.05) is 13.2 Å². The Morgan fingerprint density at radius 3 is 2.25 bits per heavy atom. The Hall–Kier alpha value is -1.78. The molecule has 0 fully saturated rings. The highest BCUT2D eigenvalue weighted by atomic mass is 16.6. The molecule has 0 heterocycles. The summed E-state index contributed by atoms with van der Waals surface area (Å²) in [6.07, 6.45) is 11.6. The largest absolute Gasteiger partial charge is 0.464 e. The molecule has 0 aliphatic heterocycles. The van der Waals surface area contributed by atoms with E-state index in [1.54, 1.807) is 12.2 Å². The van der Waals surface area contributed by atoms with Crippen LogP contribution in [0.1, 0.15) is 64.7 Å². The van der Waals surface area contributed by atoms with E-state index in [2.05, 4.69) is 25.4 Å². The van der Waals surface area contributed by atoms with Crippen molar-refractivity contribution in [3.05, 3.63) is 25.3 Å². The maximum atomic E-state index is 12.0. The van der Waals surface area contributed by atoms with E-state index in [1.807, 2.05) is 0 Å². The van der Waals surface area contributed by atoms with Gasteiger partial charge in [0.25, 0.3) is 0 Å². The van der Waals surface area contributed by atoms with Gasteiger partial charge in [-0.1, -0.05) is 57.6 Å². The molecular weight excluding hydrogens is 306 g/mol. The standard InChI is InChI=1S/C19H33NO4/c1-4-7-9-10-11-12-13-16-23-18(21)17(14-6-3)20-19(22)24-15-8-5-2/h5-6,17H,2-4,7-16H2,1H3,(H,20,22). The number of unbranched alkanes of at least 4 members (excludes halogenated alkanes) is 6. The van der Waals surface area contributed by atoms with Crippen molar-refractivity contribution in [3.8, 4) is 0 Å². The number of esters is 1. The summed E-state index contributed by atoms with van der Waals surface area (Å²) in [7, 11) is 0. The maximum Gasteiger partial charge on any atom is 0.407 e. The summed E-state index contributed by atoms with van der Waals surface area (Å²) in [6.45, 7) is 9.96. The highest BCUT2D eigenvalue weighted by molar-refractivity contribution is 5.81. The SMILES string of the molecule is C=CCCOC(=O)NC(CC=C)C(=O)OCCCCCCCCC. The lowest BCUT2D eigenvalue weighted by molar-refractivity contribution is -0.146. The molecule has 0 aromatic heterocycles. The smallest absolute Gasteiger partial charge is 0.407 e. The fraction of sp³-hybridized carbons (Fsp3) is 0.684. The maximum absolute atomic E-state index is 12.0. The number of carbonyl (C=O) groups excluding carboxylic acids is 2. The highest BCUT2D eigenvalue weighted by Crippen LogP contribution is 2.07. The van der Waals surface area contributed by atoms with E-state index in [-0.39, 0.29) is 6.61 Å². The van der Waals surface area contributed by atoms with Gasteiger partial charge in [-0.15, -0.1) is 13.2 Å². The molecule has 0 spiro atoms. The third kappa shape index (κ3) is 12.7. The van der Waals surface area contributed by atoms with Crippen molar-refractivity contribution in [2.24, 2.45) is 0 Å². The van der Waals surface area contributed by atoms with E-state index in [0.717, 1.165) is 12.8 Å². The van der Waals surface area contributed by atoms with Crippen LogP contribution in [0.15, 0.2) is 25.3 Å². The van der Waals surface area contributed by atoms with E-state index in [4.69, 9.17) is 9.47 Å². The van der Waals surface area contributed by atoms with Crippen LogP contribution in [0.25, 0.3) is 0 Å². The molecule has 1 N–H and O–H groups in total. The van der Waals surface area contributed by atoms with Crippen molar-refractivity contribution in [1.29, 1.82) is 0 Å². The Bertz CT molecular complexity index is 368. The molecule has 138 valence electrons. The molecule has 0 aliphatic rings. The number of hydrogen-bond donors (Lipinski definition) is 1. The number of rotatable bonds is 15. The molecule has 24 heavy (non-hydrogen) atoms. The van der Waals surface area contributed by atoms with Crippen LogP contribution in [0.5, 0.6) is 0 Å². The molecule has 1 amide bonds. The Labute approximate surface area is 146 Å². The molecular formula is C19H33NO4. The number of hydrogen-bond acceptors (Lipinski definition) is 4. The zero-order valence-corrected chi connectivity index (χ0v) is 15.1. The van der Waals surface area contributed by atoms with Crippen LogP contribution < -0.4 is 5.32 Å². The summed E-state index contributed by atoms with van der Waals surface area (Å²) in [6, 6.07) is -0.747. The first-order valence-electron chi connectivity index (χ1n) is 8.97. The summed E-state index contributed by atoms with van der Waals surface area (Å²) in [5, 5.41) is 2.51. The van der Waals surface area contributed by atoms with E-state index in [0.29, 0.717) is 19.4 Å². The van der Waals surface area contributed by atoms with Crippen molar-refractivity contribution in [2.45, 2.75) is 70.8 Å². The fourth-order valence-corrected chi connectivity index (χ4v) is 2.13. The Morgan fingerprint density at radius 2 is 1.62 bits per heavy atom. The van der Waals surface area contributed by atoms with Crippen LogP contribution in [0.3, 0.4) is 0 Å². The normalized spacial score (nSPS) is 11.4. The van der Waals surface area contributed by atoms with Gasteiger partial charge in [-0.3, -0.25) is 0 Å². The van der Waals surface area contributed by atoms with Gasteiger partial charge in [0.05, 0.1) is 13.2 Å². The zero-order valence-electron chi connectivity index (χ0n) is 15.1. The minimum Gasteiger partial charge on any atom is -0.464 e. The van der Waals surface area contributed by atoms with E-state index >= 15 is 0 Å². The van der Waals surface area contributed by atoms with E-state index < -0.39 is 18.1 Å². The van der Waals surface area contributed by atoms with Gasteiger partial charge in [0, 0.05) is 0 Å². The van der Waals surface area contributed by atoms with Gasteiger partial charge in [0.1, 0.15) is 6.04 Å². The molecule has 0 aliphatic carbocycles. The van der Waals surface area contributed by atoms with Gasteiger partial charge >= 0.3 is 12.1 Å². The Balaban J connectivity index is 3.92. The summed E-state index contributed by atoms with van der Waals surface area (Å²) in [4.78, 5) is 23.6. The van der Waals surface area contributed by atoms with Crippen LogP contribution >= 0.6 is 0 Å². The minimum absolute atomic E-state index is 0.239. The summed E-state index contributed by atoms with van der Waals surface area (Å²) >= 11 is 0.